The van der Waals surface area contributed by atoms with E-state index < -0.39 is 17.3 Å². The van der Waals surface area contributed by atoms with Gasteiger partial charge in [0.2, 0.25) is 0 Å². The fourth-order valence-electron chi connectivity index (χ4n) is 1.47. The van der Waals surface area contributed by atoms with Gasteiger partial charge in [-0.3, -0.25) is 10.1 Å². The van der Waals surface area contributed by atoms with Crippen molar-refractivity contribution in [1.82, 2.24) is 5.32 Å². The summed E-state index contributed by atoms with van der Waals surface area (Å²) in [6, 6.07) is 5.82. The van der Waals surface area contributed by atoms with Crippen molar-refractivity contribution in [1.29, 1.82) is 5.26 Å². The van der Waals surface area contributed by atoms with Crippen molar-refractivity contribution in [2.75, 3.05) is 0 Å². The van der Waals surface area contributed by atoms with Gasteiger partial charge in [0.1, 0.15) is 11.4 Å². The molecule has 0 amide bonds. The third-order valence-corrected chi connectivity index (χ3v) is 2.95. The summed E-state index contributed by atoms with van der Waals surface area (Å²) in [6.07, 6.45) is 0.406. The van der Waals surface area contributed by atoms with Gasteiger partial charge < -0.3 is 5.11 Å². The second kappa shape index (κ2) is 5.61. The molecule has 5 heteroatoms. The number of rotatable bonds is 5. The molecule has 0 aromatic heterocycles. The molecule has 4 nitrogen and oxygen atoms in total. The average molecular weight is 250 g/mol. The first-order valence-electron chi connectivity index (χ1n) is 5.59. The number of carbonyl (C=O) groups is 1. The molecule has 0 spiro atoms. The highest BCUT2D eigenvalue weighted by Crippen LogP contribution is 2.13. The summed E-state index contributed by atoms with van der Waals surface area (Å²) in [5, 5.41) is 20.7. The zero-order valence-electron chi connectivity index (χ0n) is 10.3. The van der Waals surface area contributed by atoms with Gasteiger partial charge in [0, 0.05) is 6.54 Å². The lowest BCUT2D eigenvalue weighted by Crippen LogP contribution is -2.48. The molecule has 96 valence electrons. The van der Waals surface area contributed by atoms with Crippen LogP contribution in [-0.2, 0) is 11.3 Å². The Balaban J connectivity index is 2.84. The maximum absolute atomic E-state index is 13.2. The van der Waals surface area contributed by atoms with Gasteiger partial charge in [0.15, 0.2) is 0 Å². The molecular formula is C13H15FN2O2. The molecule has 0 aliphatic carbocycles. The molecule has 1 rings (SSSR count). The lowest BCUT2D eigenvalue weighted by atomic mass is 9.98. The Labute approximate surface area is 105 Å². The molecule has 0 saturated heterocycles. The highest BCUT2D eigenvalue weighted by atomic mass is 19.1. The van der Waals surface area contributed by atoms with Gasteiger partial charge in [-0.25, -0.2) is 4.39 Å². The number of hydrogen-bond acceptors (Lipinski definition) is 3. The predicted molar refractivity (Wildman–Crippen MR) is 64.3 cm³/mol. The van der Waals surface area contributed by atoms with Crippen molar-refractivity contribution in [3.05, 3.63) is 35.1 Å². The summed E-state index contributed by atoms with van der Waals surface area (Å²) >= 11 is 0. The van der Waals surface area contributed by atoms with E-state index in [-0.39, 0.29) is 12.1 Å². The first kappa shape index (κ1) is 14.1. The Bertz CT molecular complexity index is 496. The standard InChI is InChI=1S/C13H15FN2O2/c1-3-13(2,12(17)18)16-8-10-4-9(7-15)5-11(14)6-10/h4-6,16H,3,8H2,1-2H3,(H,17,18). The number of hydrogen-bond donors (Lipinski definition) is 2. The highest BCUT2D eigenvalue weighted by molar-refractivity contribution is 5.78. The van der Waals surface area contributed by atoms with Gasteiger partial charge in [-0.2, -0.15) is 5.26 Å². The van der Waals surface area contributed by atoms with Gasteiger partial charge in [-0.05, 0) is 37.1 Å². The normalized spacial score (nSPS) is 13.7. The van der Waals surface area contributed by atoms with Crippen molar-refractivity contribution >= 4 is 5.97 Å². The molecule has 18 heavy (non-hydrogen) atoms. The summed E-state index contributed by atoms with van der Waals surface area (Å²) in [5.41, 5.74) is -0.285. The van der Waals surface area contributed by atoms with Crippen LogP contribution in [0, 0.1) is 17.1 Å². The molecule has 0 heterocycles. The number of carboxylic acid groups (broad SMARTS) is 1. The van der Waals surface area contributed by atoms with Crippen molar-refractivity contribution in [3.8, 4) is 6.07 Å². The molecular weight excluding hydrogens is 235 g/mol. The van der Waals surface area contributed by atoms with Crippen LogP contribution in [0.4, 0.5) is 4.39 Å². The Morgan fingerprint density at radius 1 is 1.56 bits per heavy atom. The van der Waals surface area contributed by atoms with Crippen LogP contribution in [0.25, 0.3) is 0 Å². The fourth-order valence-corrected chi connectivity index (χ4v) is 1.47. The van der Waals surface area contributed by atoms with E-state index in [1.54, 1.807) is 13.8 Å². The molecule has 1 unspecified atom stereocenters. The van der Waals surface area contributed by atoms with Crippen molar-refractivity contribution in [3.63, 3.8) is 0 Å². The predicted octanol–water partition coefficient (Wildman–Crippen LogP) is 2.04. The van der Waals surface area contributed by atoms with E-state index >= 15 is 0 Å². The average Bonchev–Trinajstić information content (AvgIpc) is 2.35. The minimum atomic E-state index is -1.06. The van der Waals surface area contributed by atoms with Gasteiger partial charge in [-0.1, -0.05) is 6.92 Å². The monoisotopic (exact) mass is 250 g/mol. The zero-order valence-corrected chi connectivity index (χ0v) is 10.3. The maximum atomic E-state index is 13.2. The lowest BCUT2D eigenvalue weighted by molar-refractivity contribution is -0.144. The molecule has 0 aliphatic heterocycles. The third-order valence-electron chi connectivity index (χ3n) is 2.95. The number of nitriles is 1. The van der Waals surface area contributed by atoms with Crippen LogP contribution in [0.15, 0.2) is 18.2 Å². The molecule has 0 bridgehead atoms. The molecule has 1 aromatic carbocycles. The van der Waals surface area contributed by atoms with Gasteiger partial charge in [0.05, 0.1) is 11.6 Å². The fraction of sp³-hybridized carbons (Fsp3) is 0.385. The van der Waals surface area contributed by atoms with Crippen LogP contribution >= 0.6 is 0 Å². The Hall–Kier alpha value is -1.93. The molecule has 0 aliphatic rings. The molecule has 0 radical (unpaired) electrons. The molecule has 1 aromatic rings. The smallest absolute Gasteiger partial charge is 0.323 e. The second-order valence-electron chi connectivity index (χ2n) is 4.30. The SMILES string of the molecule is CCC(C)(NCc1cc(F)cc(C#N)c1)C(=O)O. The van der Waals surface area contributed by atoms with Crippen LogP contribution in [0.2, 0.25) is 0 Å². The van der Waals surface area contributed by atoms with Gasteiger partial charge in [0.25, 0.3) is 0 Å². The van der Waals surface area contributed by atoms with Gasteiger partial charge >= 0.3 is 5.97 Å². The molecule has 0 saturated carbocycles. The highest BCUT2D eigenvalue weighted by Gasteiger charge is 2.30. The van der Waals surface area contributed by atoms with Crippen molar-refractivity contribution in [2.24, 2.45) is 0 Å². The van der Waals surface area contributed by atoms with Crippen LogP contribution < -0.4 is 5.32 Å². The van der Waals surface area contributed by atoms with E-state index in [2.05, 4.69) is 5.32 Å². The molecule has 0 fully saturated rings. The maximum Gasteiger partial charge on any atom is 0.323 e. The van der Waals surface area contributed by atoms with E-state index in [4.69, 9.17) is 10.4 Å². The van der Waals surface area contributed by atoms with Gasteiger partial charge in [-0.15, -0.1) is 0 Å². The number of nitrogens with zero attached hydrogens (tertiary/aromatic N) is 1. The first-order valence-corrected chi connectivity index (χ1v) is 5.59. The second-order valence-corrected chi connectivity index (χ2v) is 4.30. The summed E-state index contributed by atoms with van der Waals surface area (Å²) in [6.45, 7) is 3.52. The Kier molecular flexibility index (Phi) is 4.40. The number of benzene rings is 1. The lowest BCUT2D eigenvalue weighted by Gasteiger charge is -2.24. The van der Waals surface area contributed by atoms with E-state index in [9.17, 15) is 9.18 Å². The number of aliphatic carboxylic acids is 1. The Morgan fingerprint density at radius 2 is 2.22 bits per heavy atom. The Morgan fingerprint density at radius 3 is 2.72 bits per heavy atom. The summed E-state index contributed by atoms with van der Waals surface area (Å²) in [7, 11) is 0. The quantitative estimate of drug-likeness (QED) is 0.838. The molecule has 1 atom stereocenters. The van der Waals surface area contributed by atoms with E-state index in [0.29, 0.717) is 12.0 Å². The van der Waals surface area contributed by atoms with Crippen LogP contribution in [-0.4, -0.2) is 16.6 Å². The third kappa shape index (κ3) is 3.28. The van der Waals surface area contributed by atoms with E-state index in [1.807, 2.05) is 6.07 Å². The number of nitrogens with one attached hydrogen (secondary N) is 1. The number of carboxylic acids is 1. The summed E-state index contributed by atoms with van der Waals surface area (Å²) in [5.74, 6) is -1.46. The first-order chi connectivity index (χ1) is 8.41. The summed E-state index contributed by atoms with van der Waals surface area (Å²) < 4.78 is 13.2. The zero-order chi connectivity index (χ0) is 13.8. The van der Waals surface area contributed by atoms with Crippen LogP contribution in [0.5, 0.6) is 0 Å². The van der Waals surface area contributed by atoms with E-state index in [1.165, 1.54) is 12.1 Å². The van der Waals surface area contributed by atoms with Crippen molar-refractivity contribution in [2.45, 2.75) is 32.4 Å². The minimum absolute atomic E-state index is 0.198. The largest absolute Gasteiger partial charge is 0.480 e. The minimum Gasteiger partial charge on any atom is -0.480 e. The summed E-state index contributed by atoms with van der Waals surface area (Å²) in [4.78, 5) is 11.1. The van der Waals surface area contributed by atoms with Crippen LogP contribution in [0.1, 0.15) is 31.4 Å². The topological polar surface area (TPSA) is 73.1 Å². The van der Waals surface area contributed by atoms with E-state index in [0.717, 1.165) is 6.07 Å². The number of halogens is 1. The van der Waals surface area contributed by atoms with Crippen LogP contribution in [0.3, 0.4) is 0 Å². The molecule has 2 N–H and O–H groups in total. The van der Waals surface area contributed by atoms with Crippen molar-refractivity contribution < 1.29 is 14.3 Å².